The first-order valence-corrected chi connectivity index (χ1v) is 5.10. The first-order chi connectivity index (χ1) is 8.50. The standard InChI is InChI=1S/C10H10N4O4/c11-9-6(2-1-3-7(9)14(17)18)5-13-8(15)4-12-10(13)16/h1-3H,4-5,11H2,(H,12,16). The van der Waals surface area contributed by atoms with Gasteiger partial charge in [-0.2, -0.15) is 0 Å². The summed E-state index contributed by atoms with van der Waals surface area (Å²) in [5.74, 6) is -0.383. The monoisotopic (exact) mass is 250 g/mol. The average Bonchev–Trinajstić information content (AvgIpc) is 2.63. The normalized spacial score (nSPS) is 14.8. The van der Waals surface area contributed by atoms with Gasteiger partial charge in [-0.15, -0.1) is 0 Å². The number of urea groups is 1. The van der Waals surface area contributed by atoms with Crippen molar-refractivity contribution < 1.29 is 14.5 Å². The average molecular weight is 250 g/mol. The van der Waals surface area contributed by atoms with Crippen molar-refractivity contribution in [2.75, 3.05) is 12.3 Å². The molecule has 0 aromatic heterocycles. The molecule has 0 unspecified atom stereocenters. The number of benzene rings is 1. The summed E-state index contributed by atoms with van der Waals surface area (Å²) >= 11 is 0. The predicted octanol–water partition coefficient (Wildman–Crippen LogP) is 0.229. The number of hydrogen-bond acceptors (Lipinski definition) is 5. The van der Waals surface area contributed by atoms with Crippen LogP contribution in [0.4, 0.5) is 16.2 Å². The summed E-state index contributed by atoms with van der Waals surface area (Å²) in [5.41, 5.74) is 5.74. The van der Waals surface area contributed by atoms with E-state index in [0.29, 0.717) is 5.56 Å². The molecule has 3 amide bonds. The van der Waals surface area contributed by atoms with Crippen LogP contribution in [-0.4, -0.2) is 28.3 Å². The molecule has 1 aromatic carbocycles. The second-order valence-corrected chi connectivity index (χ2v) is 3.75. The minimum absolute atomic E-state index is 0.0324. The highest BCUT2D eigenvalue weighted by molar-refractivity contribution is 6.01. The predicted molar refractivity (Wildman–Crippen MR) is 61.5 cm³/mol. The summed E-state index contributed by atoms with van der Waals surface area (Å²) in [6, 6.07) is 3.75. The van der Waals surface area contributed by atoms with Gasteiger partial charge in [0.1, 0.15) is 5.69 Å². The topological polar surface area (TPSA) is 119 Å². The van der Waals surface area contributed by atoms with E-state index >= 15 is 0 Å². The van der Waals surface area contributed by atoms with Crippen molar-refractivity contribution in [3.8, 4) is 0 Å². The molecule has 2 rings (SSSR count). The Bertz CT molecular complexity index is 527. The van der Waals surface area contributed by atoms with Gasteiger partial charge in [0, 0.05) is 11.6 Å². The summed E-state index contributed by atoms with van der Waals surface area (Å²) in [6.45, 7) is -0.133. The largest absolute Gasteiger partial charge is 0.393 e. The van der Waals surface area contributed by atoms with Crippen molar-refractivity contribution in [3.05, 3.63) is 33.9 Å². The lowest BCUT2D eigenvalue weighted by Gasteiger charge is -2.13. The number of imide groups is 1. The van der Waals surface area contributed by atoms with Crippen LogP contribution < -0.4 is 11.1 Å². The Morgan fingerprint density at radius 1 is 1.44 bits per heavy atom. The van der Waals surface area contributed by atoms with Crippen LogP contribution in [0.5, 0.6) is 0 Å². The second kappa shape index (κ2) is 4.32. The van der Waals surface area contributed by atoms with Gasteiger partial charge in [-0.1, -0.05) is 12.1 Å². The zero-order chi connectivity index (χ0) is 13.3. The molecule has 0 spiro atoms. The molecule has 1 heterocycles. The lowest BCUT2D eigenvalue weighted by molar-refractivity contribution is -0.384. The molecule has 0 bridgehead atoms. The summed E-state index contributed by atoms with van der Waals surface area (Å²) in [6.07, 6.45) is 0. The number of para-hydroxylation sites is 1. The number of rotatable bonds is 3. The molecule has 1 aliphatic heterocycles. The van der Waals surface area contributed by atoms with E-state index in [2.05, 4.69) is 5.32 Å². The van der Waals surface area contributed by atoms with Gasteiger partial charge in [-0.05, 0) is 0 Å². The number of nitrogens with two attached hydrogens (primary N) is 1. The van der Waals surface area contributed by atoms with Crippen LogP contribution in [-0.2, 0) is 11.3 Å². The van der Waals surface area contributed by atoms with Gasteiger partial charge in [-0.25, -0.2) is 4.79 Å². The van der Waals surface area contributed by atoms with Crippen molar-refractivity contribution in [1.82, 2.24) is 10.2 Å². The maximum atomic E-state index is 11.4. The zero-order valence-corrected chi connectivity index (χ0v) is 9.25. The van der Waals surface area contributed by atoms with E-state index in [-0.39, 0.29) is 30.4 Å². The quantitative estimate of drug-likeness (QED) is 0.344. The molecule has 0 saturated carbocycles. The van der Waals surface area contributed by atoms with Gasteiger partial charge in [-0.3, -0.25) is 19.8 Å². The Balaban J connectivity index is 2.30. The zero-order valence-electron chi connectivity index (χ0n) is 9.25. The molecule has 1 aliphatic rings. The third-order valence-corrected chi connectivity index (χ3v) is 2.64. The third-order valence-electron chi connectivity index (χ3n) is 2.64. The van der Waals surface area contributed by atoms with Crippen LogP contribution in [0.2, 0.25) is 0 Å². The number of carbonyl (C=O) groups excluding carboxylic acids is 2. The van der Waals surface area contributed by atoms with Crippen LogP contribution in [0, 0.1) is 10.1 Å². The maximum absolute atomic E-state index is 11.4. The minimum atomic E-state index is -0.606. The molecule has 1 saturated heterocycles. The molecule has 8 nitrogen and oxygen atoms in total. The van der Waals surface area contributed by atoms with Crippen molar-refractivity contribution >= 4 is 23.3 Å². The van der Waals surface area contributed by atoms with E-state index in [0.717, 1.165) is 4.90 Å². The number of nitro groups is 1. The fraction of sp³-hybridized carbons (Fsp3) is 0.200. The highest BCUT2D eigenvalue weighted by Gasteiger charge is 2.29. The number of nitrogen functional groups attached to an aromatic ring is 1. The van der Waals surface area contributed by atoms with E-state index in [4.69, 9.17) is 5.73 Å². The fourth-order valence-electron chi connectivity index (χ4n) is 1.68. The van der Waals surface area contributed by atoms with Crippen molar-refractivity contribution in [2.45, 2.75) is 6.54 Å². The lowest BCUT2D eigenvalue weighted by atomic mass is 10.1. The Morgan fingerprint density at radius 3 is 2.72 bits per heavy atom. The SMILES string of the molecule is Nc1c(CN2C(=O)CNC2=O)cccc1[N+](=O)[O-]. The molecule has 94 valence electrons. The number of nitrogens with zero attached hydrogens (tertiary/aromatic N) is 2. The summed E-state index contributed by atoms with van der Waals surface area (Å²) in [7, 11) is 0. The smallest absolute Gasteiger partial charge is 0.324 e. The molecule has 1 fully saturated rings. The number of amides is 3. The molecule has 0 aliphatic carbocycles. The van der Waals surface area contributed by atoms with Crippen molar-refractivity contribution in [2.24, 2.45) is 0 Å². The van der Waals surface area contributed by atoms with Crippen molar-refractivity contribution in [3.63, 3.8) is 0 Å². The number of nitro benzene ring substituents is 1. The van der Waals surface area contributed by atoms with Gasteiger partial charge >= 0.3 is 6.03 Å². The van der Waals surface area contributed by atoms with E-state index in [1.54, 1.807) is 6.07 Å². The van der Waals surface area contributed by atoms with E-state index in [1.165, 1.54) is 12.1 Å². The Hall–Kier alpha value is -2.64. The number of carbonyl (C=O) groups is 2. The molecule has 0 radical (unpaired) electrons. The fourth-order valence-corrected chi connectivity index (χ4v) is 1.68. The van der Waals surface area contributed by atoms with E-state index < -0.39 is 11.0 Å². The molecular formula is C10H10N4O4. The van der Waals surface area contributed by atoms with Gasteiger partial charge in [0.05, 0.1) is 18.0 Å². The highest BCUT2D eigenvalue weighted by atomic mass is 16.6. The van der Waals surface area contributed by atoms with Gasteiger partial charge in [0.2, 0.25) is 5.91 Å². The first-order valence-electron chi connectivity index (χ1n) is 5.10. The summed E-state index contributed by atoms with van der Waals surface area (Å²) in [4.78, 5) is 33.8. The minimum Gasteiger partial charge on any atom is -0.393 e. The van der Waals surface area contributed by atoms with E-state index in [9.17, 15) is 19.7 Å². The summed E-state index contributed by atoms with van der Waals surface area (Å²) < 4.78 is 0. The molecule has 0 atom stereocenters. The highest BCUT2D eigenvalue weighted by Crippen LogP contribution is 2.26. The second-order valence-electron chi connectivity index (χ2n) is 3.75. The summed E-state index contributed by atoms with van der Waals surface area (Å²) in [5, 5.41) is 13.1. The Morgan fingerprint density at radius 2 is 2.17 bits per heavy atom. The molecular weight excluding hydrogens is 240 g/mol. The molecule has 8 heteroatoms. The van der Waals surface area contributed by atoms with Crippen LogP contribution in [0.25, 0.3) is 0 Å². The van der Waals surface area contributed by atoms with E-state index in [1.807, 2.05) is 0 Å². The third kappa shape index (κ3) is 1.95. The van der Waals surface area contributed by atoms with Crippen LogP contribution in [0.15, 0.2) is 18.2 Å². The van der Waals surface area contributed by atoms with Crippen LogP contribution in [0.3, 0.4) is 0 Å². The molecule has 3 N–H and O–H groups in total. The van der Waals surface area contributed by atoms with Gasteiger partial charge in [0.25, 0.3) is 5.69 Å². The van der Waals surface area contributed by atoms with Gasteiger partial charge in [0.15, 0.2) is 0 Å². The number of nitrogens with one attached hydrogen (secondary N) is 1. The lowest BCUT2D eigenvalue weighted by Crippen LogP contribution is -2.30. The van der Waals surface area contributed by atoms with Crippen LogP contribution in [0.1, 0.15) is 5.56 Å². The van der Waals surface area contributed by atoms with Gasteiger partial charge < -0.3 is 11.1 Å². The van der Waals surface area contributed by atoms with Crippen molar-refractivity contribution in [1.29, 1.82) is 0 Å². The number of hydrogen-bond donors (Lipinski definition) is 2. The number of anilines is 1. The first kappa shape index (κ1) is 11.8. The maximum Gasteiger partial charge on any atom is 0.324 e. The molecule has 18 heavy (non-hydrogen) atoms. The van der Waals surface area contributed by atoms with Crippen LogP contribution >= 0.6 is 0 Å². The Kier molecular flexibility index (Phi) is 2.84. The Labute approximate surface area is 102 Å². The molecule has 1 aromatic rings.